The van der Waals surface area contributed by atoms with Crippen LogP contribution in [0.25, 0.3) is 10.9 Å². The minimum absolute atomic E-state index is 0.131. The topological polar surface area (TPSA) is 32.9 Å². The number of aromatic nitrogens is 1. The van der Waals surface area contributed by atoms with Crippen LogP contribution in [0.2, 0.25) is 5.02 Å². The lowest BCUT2D eigenvalue weighted by Crippen LogP contribution is -2.10. The number of fused-ring (bicyclic) bond motifs is 1. The molecule has 0 aliphatic rings. The van der Waals surface area contributed by atoms with E-state index in [0.29, 0.717) is 5.02 Å². The van der Waals surface area contributed by atoms with Crippen LogP contribution >= 0.6 is 11.6 Å². The van der Waals surface area contributed by atoms with Crippen molar-refractivity contribution in [3.63, 3.8) is 0 Å². The fraction of sp³-hybridized carbons (Fsp3) is 0.357. The van der Waals surface area contributed by atoms with Crippen LogP contribution in [0.5, 0.6) is 0 Å². The smallest absolute Gasteiger partial charge is 0.192 e. The van der Waals surface area contributed by atoms with Gasteiger partial charge in [0.1, 0.15) is 0 Å². The third-order valence-electron chi connectivity index (χ3n) is 2.97. The summed E-state index contributed by atoms with van der Waals surface area (Å²) in [6.07, 6.45) is 6.07. The van der Waals surface area contributed by atoms with Gasteiger partial charge in [0.2, 0.25) is 0 Å². The van der Waals surface area contributed by atoms with Crippen molar-refractivity contribution in [2.24, 2.45) is 0 Å². The van der Waals surface area contributed by atoms with Crippen molar-refractivity contribution in [2.75, 3.05) is 0 Å². The maximum atomic E-state index is 12.2. The summed E-state index contributed by atoms with van der Waals surface area (Å²) in [6, 6.07) is 5.34. The SMILES string of the molecule is CCCCCc1c[nH]c2cc(Cl)ccc2c1=O. The highest BCUT2D eigenvalue weighted by atomic mass is 35.5. The van der Waals surface area contributed by atoms with Crippen LogP contribution in [0.15, 0.2) is 29.2 Å². The van der Waals surface area contributed by atoms with Gasteiger partial charge in [-0.25, -0.2) is 0 Å². The molecule has 1 aromatic heterocycles. The third kappa shape index (κ3) is 2.70. The summed E-state index contributed by atoms with van der Waals surface area (Å²) < 4.78 is 0. The van der Waals surface area contributed by atoms with Gasteiger partial charge in [0.25, 0.3) is 0 Å². The molecule has 0 aliphatic heterocycles. The van der Waals surface area contributed by atoms with E-state index in [4.69, 9.17) is 11.6 Å². The van der Waals surface area contributed by atoms with E-state index in [9.17, 15) is 4.79 Å². The van der Waals surface area contributed by atoms with E-state index >= 15 is 0 Å². The van der Waals surface area contributed by atoms with Gasteiger partial charge in [-0.2, -0.15) is 0 Å². The van der Waals surface area contributed by atoms with Gasteiger partial charge in [-0.3, -0.25) is 4.79 Å². The zero-order valence-corrected chi connectivity index (χ0v) is 10.7. The Hall–Kier alpha value is -1.28. The molecule has 1 N–H and O–H groups in total. The number of benzene rings is 1. The predicted molar refractivity (Wildman–Crippen MR) is 72.8 cm³/mol. The Morgan fingerprint density at radius 2 is 2.12 bits per heavy atom. The van der Waals surface area contributed by atoms with E-state index in [1.165, 1.54) is 6.42 Å². The number of aryl methyl sites for hydroxylation is 1. The van der Waals surface area contributed by atoms with E-state index in [0.717, 1.165) is 35.7 Å². The van der Waals surface area contributed by atoms with Crippen molar-refractivity contribution < 1.29 is 0 Å². The molecule has 2 rings (SSSR count). The zero-order valence-electron chi connectivity index (χ0n) is 9.92. The Balaban J connectivity index is 2.37. The summed E-state index contributed by atoms with van der Waals surface area (Å²) in [5.74, 6) is 0. The molecule has 1 aromatic carbocycles. The number of nitrogens with one attached hydrogen (secondary N) is 1. The molecule has 0 unspecified atom stereocenters. The van der Waals surface area contributed by atoms with Gasteiger partial charge in [0, 0.05) is 22.2 Å². The maximum absolute atomic E-state index is 12.2. The van der Waals surface area contributed by atoms with Gasteiger partial charge >= 0.3 is 0 Å². The van der Waals surface area contributed by atoms with Crippen LogP contribution in [0.1, 0.15) is 31.7 Å². The summed E-state index contributed by atoms with van der Waals surface area (Å²) in [4.78, 5) is 15.3. The summed E-state index contributed by atoms with van der Waals surface area (Å²) in [5.41, 5.74) is 1.81. The number of aromatic amines is 1. The van der Waals surface area contributed by atoms with E-state index in [1.807, 2.05) is 6.20 Å². The lowest BCUT2D eigenvalue weighted by atomic mass is 10.1. The normalized spacial score (nSPS) is 10.9. The molecule has 17 heavy (non-hydrogen) atoms. The number of hydrogen-bond donors (Lipinski definition) is 1. The van der Waals surface area contributed by atoms with Gasteiger partial charge in [-0.15, -0.1) is 0 Å². The fourth-order valence-electron chi connectivity index (χ4n) is 1.99. The average Bonchev–Trinajstić information content (AvgIpc) is 2.32. The van der Waals surface area contributed by atoms with Gasteiger partial charge in [-0.1, -0.05) is 31.4 Å². The molecule has 2 nitrogen and oxygen atoms in total. The van der Waals surface area contributed by atoms with Crippen molar-refractivity contribution in [2.45, 2.75) is 32.6 Å². The Labute approximate surface area is 106 Å². The number of halogens is 1. The van der Waals surface area contributed by atoms with Crippen molar-refractivity contribution >= 4 is 22.5 Å². The molecule has 3 heteroatoms. The Morgan fingerprint density at radius 1 is 1.29 bits per heavy atom. The highest BCUT2D eigenvalue weighted by molar-refractivity contribution is 6.31. The van der Waals surface area contributed by atoms with Crippen LogP contribution in [0, 0.1) is 0 Å². The van der Waals surface area contributed by atoms with Crippen LogP contribution < -0.4 is 5.43 Å². The number of rotatable bonds is 4. The molecular formula is C14H16ClNO. The van der Waals surface area contributed by atoms with Gasteiger partial charge in [0.05, 0.1) is 5.52 Å². The fourth-order valence-corrected chi connectivity index (χ4v) is 2.16. The first-order valence-corrected chi connectivity index (χ1v) is 6.40. The molecule has 0 aliphatic carbocycles. The highest BCUT2D eigenvalue weighted by Gasteiger charge is 2.05. The first-order chi connectivity index (χ1) is 8.22. The molecule has 0 saturated heterocycles. The van der Waals surface area contributed by atoms with Crippen molar-refractivity contribution in [3.8, 4) is 0 Å². The van der Waals surface area contributed by atoms with Gasteiger partial charge < -0.3 is 4.98 Å². The van der Waals surface area contributed by atoms with Crippen molar-refractivity contribution in [1.82, 2.24) is 4.98 Å². The molecule has 0 spiro atoms. The molecule has 0 amide bonds. The van der Waals surface area contributed by atoms with Crippen LogP contribution in [-0.2, 0) is 6.42 Å². The molecule has 0 saturated carbocycles. The summed E-state index contributed by atoms with van der Waals surface area (Å²) in [7, 11) is 0. The summed E-state index contributed by atoms with van der Waals surface area (Å²) in [6.45, 7) is 2.16. The Bertz CT molecular complexity index is 574. The van der Waals surface area contributed by atoms with E-state index in [1.54, 1.807) is 18.2 Å². The van der Waals surface area contributed by atoms with Crippen LogP contribution in [-0.4, -0.2) is 4.98 Å². The molecular weight excluding hydrogens is 234 g/mol. The second kappa shape index (κ2) is 5.37. The Kier molecular flexibility index (Phi) is 3.85. The van der Waals surface area contributed by atoms with Gasteiger partial charge in [-0.05, 0) is 31.0 Å². The minimum atomic E-state index is 0.131. The average molecular weight is 250 g/mol. The van der Waals surface area contributed by atoms with E-state index < -0.39 is 0 Å². The zero-order chi connectivity index (χ0) is 12.3. The number of unbranched alkanes of at least 4 members (excludes halogenated alkanes) is 2. The molecule has 0 radical (unpaired) electrons. The summed E-state index contributed by atoms with van der Waals surface area (Å²) in [5, 5.41) is 1.37. The van der Waals surface area contributed by atoms with E-state index in [-0.39, 0.29) is 5.43 Å². The lowest BCUT2D eigenvalue weighted by molar-refractivity contribution is 0.714. The second-order valence-corrected chi connectivity index (χ2v) is 4.73. The Morgan fingerprint density at radius 3 is 2.88 bits per heavy atom. The monoisotopic (exact) mass is 249 g/mol. The second-order valence-electron chi connectivity index (χ2n) is 4.29. The standard InChI is InChI=1S/C14H16ClNO/c1-2-3-4-5-10-9-16-13-8-11(15)6-7-12(13)14(10)17/h6-9H,2-5H2,1H3,(H,16,17). The highest BCUT2D eigenvalue weighted by Crippen LogP contribution is 2.15. The third-order valence-corrected chi connectivity index (χ3v) is 3.20. The molecule has 2 aromatic rings. The molecule has 0 bridgehead atoms. The largest absolute Gasteiger partial charge is 0.361 e. The summed E-state index contributed by atoms with van der Waals surface area (Å²) >= 11 is 5.89. The first-order valence-electron chi connectivity index (χ1n) is 6.02. The first kappa shape index (κ1) is 12.2. The number of hydrogen-bond acceptors (Lipinski definition) is 1. The van der Waals surface area contributed by atoms with Crippen molar-refractivity contribution in [1.29, 1.82) is 0 Å². The molecule has 1 heterocycles. The van der Waals surface area contributed by atoms with E-state index in [2.05, 4.69) is 11.9 Å². The minimum Gasteiger partial charge on any atom is -0.361 e. The van der Waals surface area contributed by atoms with Gasteiger partial charge in [0.15, 0.2) is 5.43 Å². The quantitative estimate of drug-likeness (QED) is 0.819. The predicted octanol–water partition coefficient (Wildman–Crippen LogP) is 3.91. The lowest BCUT2D eigenvalue weighted by Gasteiger charge is -2.03. The van der Waals surface area contributed by atoms with Crippen molar-refractivity contribution in [3.05, 3.63) is 45.2 Å². The van der Waals surface area contributed by atoms with Crippen LogP contribution in [0.3, 0.4) is 0 Å². The molecule has 90 valence electrons. The molecule has 0 atom stereocenters. The number of H-pyrrole nitrogens is 1. The molecule has 0 fully saturated rings. The maximum Gasteiger partial charge on any atom is 0.192 e. The van der Waals surface area contributed by atoms with Crippen LogP contribution in [0.4, 0.5) is 0 Å². The number of pyridine rings is 1.